The van der Waals surface area contributed by atoms with Crippen LogP contribution in [0.2, 0.25) is 0 Å². The molecule has 0 aliphatic carbocycles. The highest BCUT2D eigenvalue weighted by atomic mass is 79.9. The minimum absolute atomic E-state index is 0.288. The van der Waals surface area contributed by atoms with E-state index in [1.54, 1.807) is 12.4 Å². The molecule has 3 nitrogen and oxygen atoms in total. The molecule has 2 rings (SSSR count). The Labute approximate surface area is 101 Å². The summed E-state index contributed by atoms with van der Waals surface area (Å²) in [6.07, 6.45) is 2.66. The number of halogens is 2. The number of nitrogens with zero attached hydrogens (tertiary/aromatic N) is 3. The summed E-state index contributed by atoms with van der Waals surface area (Å²) in [7, 11) is 0. The molecule has 0 atom stereocenters. The number of aryl methyl sites for hydroxylation is 1. The van der Waals surface area contributed by atoms with Crippen molar-refractivity contribution >= 4 is 15.9 Å². The third-order valence-electron chi connectivity index (χ3n) is 2.26. The fourth-order valence-electron chi connectivity index (χ4n) is 1.52. The van der Waals surface area contributed by atoms with Crippen LogP contribution in [0.4, 0.5) is 4.39 Å². The third kappa shape index (κ3) is 2.14. The van der Waals surface area contributed by atoms with Crippen molar-refractivity contribution in [2.45, 2.75) is 19.9 Å². The van der Waals surface area contributed by atoms with Crippen molar-refractivity contribution in [3.05, 3.63) is 34.8 Å². The molecule has 16 heavy (non-hydrogen) atoms. The Morgan fingerprint density at radius 2 is 2.25 bits per heavy atom. The topological polar surface area (TPSA) is 30.7 Å². The Morgan fingerprint density at radius 1 is 1.44 bits per heavy atom. The van der Waals surface area contributed by atoms with E-state index >= 15 is 0 Å². The standard InChI is InChI=1S/C11H11BrFN3/c1-2-5-16-7-14-15-11(16)8-3-4-9(12)10(13)6-8/h3-4,6-7H,2,5H2,1H3. The van der Waals surface area contributed by atoms with E-state index in [1.807, 2.05) is 10.6 Å². The number of hydrogen-bond acceptors (Lipinski definition) is 2. The van der Waals surface area contributed by atoms with Gasteiger partial charge in [-0.15, -0.1) is 10.2 Å². The zero-order valence-electron chi connectivity index (χ0n) is 8.82. The molecule has 0 aliphatic rings. The van der Waals surface area contributed by atoms with E-state index in [0.29, 0.717) is 10.3 Å². The van der Waals surface area contributed by atoms with E-state index in [9.17, 15) is 4.39 Å². The van der Waals surface area contributed by atoms with Crippen LogP contribution < -0.4 is 0 Å². The van der Waals surface area contributed by atoms with Gasteiger partial charge in [0.05, 0.1) is 4.47 Å². The van der Waals surface area contributed by atoms with Crippen LogP contribution >= 0.6 is 15.9 Å². The normalized spacial score (nSPS) is 10.7. The second kappa shape index (κ2) is 4.74. The van der Waals surface area contributed by atoms with Crippen molar-refractivity contribution in [3.63, 3.8) is 0 Å². The molecule has 0 amide bonds. The van der Waals surface area contributed by atoms with Gasteiger partial charge in [-0.3, -0.25) is 0 Å². The van der Waals surface area contributed by atoms with Gasteiger partial charge in [-0.05, 0) is 40.5 Å². The van der Waals surface area contributed by atoms with E-state index < -0.39 is 0 Å². The van der Waals surface area contributed by atoms with Gasteiger partial charge in [-0.25, -0.2) is 4.39 Å². The maximum absolute atomic E-state index is 13.4. The van der Waals surface area contributed by atoms with E-state index in [0.717, 1.165) is 18.5 Å². The van der Waals surface area contributed by atoms with Gasteiger partial charge < -0.3 is 4.57 Å². The number of hydrogen-bond donors (Lipinski definition) is 0. The van der Waals surface area contributed by atoms with Crippen LogP contribution in [-0.4, -0.2) is 14.8 Å². The summed E-state index contributed by atoms with van der Waals surface area (Å²) in [5.41, 5.74) is 0.742. The van der Waals surface area contributed by atoms with Crippen LogP contribution in [-0.2, 0) is 6.54 Å². The Balaban J connectivity index is 2.42. The molecule has 0 radical (unpaired) electrons. The number of aromatic nitrogens is 3. The van der Waals surface area contributed by atoms with Crippen molar-refractivity contribution in [2.24, 2.45) is 0 Å². The third-order valence-corrected chi connectivity index (χ3v) is 2.90. The molecule has 0 saturated carbocycles. The summed E-state index contributed by atoms with van der Waals surface area (Å²) in [6, 6.07) is 4.96. The van der Waals surface area contributed by atoms with Crippen LogP contribution in [0.3, 0.4) is 0 Å². The van der Waals surface area contributed by atoms with Crippen LogP contribution in [0.5, 0.6) is 0 Å². The van der Waals surface area contributed by atoms with Gasteiger partial charge in [0.25, 0.3) is 0 Å². The average molecular weight is 284 g/mol. The van der Waals surface area contributed by atoms with Crippen LogP contribution in [0.15, 0.2) is 29.0 Å². The number of benzene rings is 1. The number of rotatable bonds is 3. The summed E-state index contributed by atoms with van der Waals surface area (Å²) in [6.45, 7) is 2.91. The van der Waals surface area contributed by atoms with Gasteiger partial charge in [-0.2, -0.15) is 0 Å². The summed E-state index contributed by atoms with van der Waals surface area (Å²) in [5, 5.41) is 7.85. The largest absolute Gasteiger partial charge is 0.314 e. The molecular formula is C11H11BrFN3. The molecule has 0 bridgehead atoms. The highest BCUT2D eigenvalue weighted by molar-refractivity contribution is 9.10. The molecule has 1 heterocycles. The monoisotopic (exact) mass is 283 g/mol. The molecule has 2 aromatic rings. The maximum Gasteiger partial charge on any atom is 0.163 e. The van der Waals surface area contributed by atoms with Gasteiger partial charge in [0, 0.05) is 12.1 Å². The molecule has 0 N–H and O–H groups in total. The first-order chi connectivity index (χ1) is 7.72. The highest BCUT2D eigenvalue weighted by Gasteiger charge is 2.08. The van der Waals surface area contributed by atoms with Crippen molar-refractivity contribution in [2.75, 3.05) is 0 Å². The van der Waals surface area contributed by atoms with Crippen LogP contribution in [0.1, 0.15) is 13.3 Å². The molecule has 0 spiro atoms. The van der Waals surface area contributed by atoms with Crippen LogP contribution in [0, 0.1) is 5.82 Å². The summed E-state index contributed by atoms with van der Waals surface area (Å²) in [4.78, 5) is 0. The SMILES string of the molecule is CCCn1cnnc1-c1ccc(Br)c(F)c1. The molecule has 0 unspecified atom stereocenters. The maximum atomic E-state index is 13.4. The first-order valence-corrected chi connectivity index (χ1v) is 5.85. The minimum Gasteiger partial charge on any atom is -0.314 e. The Hall–Kier alpha value is -1.23. The molecule has 84 valence electrons. The molecule has 1 aromatic heterocycles. The molecule has 1 aromatic carbocycles. The predicted octanol–water partition coefficient (Wildman–Crippen LogP) is 3.26. The molecule has 0 fully saturated rings. The minimum atomic E-state index is -0.288. The smallest absolute Gasteiger partial charge is 0.163 e. The molecule has 0 aliphatic heterocycles. The van der Waals surface area contributed by atoms with Crippen LogP contribution in [0.25, 0.3) is 11.4 Å². The summed E-state index contributed by atoms with van der Waals surface area (Å²) >= 11 is 3.12. The second-order valence-electron chi connectivity index (χ2n) is 3.48. The van der Waals surface area contributed by atoms with Gasteiger partial charge in [0.2, 0.25) is 0 Å². The Kier molecular flexibility index (Phi) is 3.33. The fourth-order valence-corrected chi connectivity index (χ4v) is 1.76. The Bertz CT molecular complexity index is 496. The predicted molar refractivity (Wildman–Crippen MR) is 63.4 cm³/mol. The van der Waals surface area contributed by atoms with Gasteiger partial charge in [0.1, 0.15) is 12.1 Å². The fraction of sp³-hybridized carbons (Fsp3) is 0.273. The van der Waals surface area contributed by atoms with Gasteiger partial charge >= 0.3 is 0 Å². The highest BCUT2D eigenvalue weighted by Crippen LogP contribution is 2.23. The lowest BCUT2D eigenvalue weighted by Gasteiger charge is -2.05. The lowest BCUT2D eigenvalue weighted by molar-refractivity contribution is 0.620. The average Bonchev–Trinajstić information content (AvgIpc) is 2.71. The molecule has 0 saturated heterocycles. The Morgan fingerprint density at radius 3 is 2.94 bits per heavy atom. The van der Waals surface area contributed by atoms with E-state index in [1.165, 1.54) is 6.07 Å². The van der Waals surface area contributed by atoms with E-state index in [4.69, 9.17) is 0 Å². The quantitative estimate of drug-likeness (QED) is 0.866. The van der Waals surface area contributed by atoms with Crippen molar-refractivity contribution in [3.8, 4) is 11.4 Å². The molecular weight excluding hydrogens is 273 g/mol. The van der Waals surface area contributed by atoms with Crippen molar-refractivity contribution in [1.82, 2.24) is 14.8 Å². The summed E-state index contributed by atoms with van der Waals surface area (Å²) < 4.78 is 15.8. The lowest BCUT2D eigenvalue weighted by atomic mass is 10.2. The van der Waals surface area contributed by atoms with Crippen molar-refractivity contribution < 1.29 is 4.39 Å². The van der Waals surface area contributed by atoms with E-state index in [2.05, 4.69) is 33.1 Å². The first-order valence-electron chi connectivity index (χ1n) is 5.05. The van der Waals surface area contributed by atoms with Crippen molar-refractivity contribution in [1.29, 1.82) is 0 Å². The zero-order valence-corrected chi connectivity index (χ0v) is 10.4. The zero-order chi connectivity index (χ0) is 11.5. The van der Waals surface area contributed by atoms with Gasteiger partial charge in [0.15, 0.2) is 5.82 Å². The second-order valence-corrected chi connectivity index (χ2v) is 4.33. The molecule has 5 heteroatoms. The van der Waals surface area contributed by atoms with E-state index in [-0.39, 0.29) is 5.82 Å². The first kappa shape index (κ1) is 11.3. The van der Waals surface area contributed by atoms with Gasteiger partial charge in [-0.1, -0.05) is 6.92 Å². The lowest BCUT2D eigenvalue weighted by Crippen LogP contribution is -1.98. The summed E-state index contributed by atoms with van der Waals surface area (Å²) in [5.74, 6) is 0.414.